The lowest BCUT2D eigenvalue weighted by atomic mass is 9.81. The Morgan fingerprint density at radius 1 is 1.28 bits per heavy atom. The van der Waals surface area contributed by atoms with Crippen LogP contribution in [0.5, 0.6) is 0 Å². The Morgan fingerprint density at radius 3 is 2.44 bits per heavy atom. The monoisotopic (exact) mass is 277 g/mol. The molecule has 1 rings (SSSR count). The van der Waals surface area contributed by atoms with Crippen LogP contribution in [0.15, 0.2) is 0 Å². The molecule has 0 radical (unpaired) electrons. The van der Waals surface area contributed by atoms with Crippen molar-refractivity contribution >= 4 is 10.0 Å². The summed E-state index contributed by atoms with van der Waals surface area (Å²) in [7, 11) is 0.837. The van der Waals surface area contributed by atoms with E-state index in [2.05, 4.69) is 28.9 Å². The van der Waals surface area contributed by atoms with Gasteiger partial charge in [-0.15, -0.1) is 0 Å². The third-order valence-electron chi connectivity index (χ3n) is 3.75. The highest BCUT2D eigenvalue weighted by atomic mass is 32.2. The lowest BCUT2D eigenvalue weighted by Gasteiger charge is -2.37. The lowest BCUT2D eigenvalue weighted by molar-refractivity contribution is 0.143. The molecule has 0 bridgehead atoms. The number of sulfonamides is 1. The van der Waals surface area contributed by atoms with Crippen molar-refractivity contribution in [2.24, 2.45) is 5.41 Å². The van der Waals surface area contributed by atoms with Gasteiger partial charge in [0.2, 0.25) is 10.0 Å². The summed E-state index contributed by atoms with van der Waals surface area (Å²) in [5, 5.41) is 2.96. The Morgan fingerprint density at radius 2 is 1.89 bits per heavy atom. The van der Waals surface area contributed by atoms with Gasteiger partial charge < -0.3 is 10.2 Å². The molecule has 0 aliphatic carbocycles. The van der Waals surface area contributed by atoms with Gasteiger partial charge in [0.15, 0.2) is 0 Å². The zero-order valence-corrected chi connectivity index (χ0v) is 12.6. The van der Waals surface area contributed by atoms with Gasteiger partial charge in [-0.2, -0.15) is 0 Å². The van der Waals surface area contributed by atoms with Crippen LogP contribution in [-0.4, -0.2) is 59.3 Å². The molecule has 1 fully saturated rings. The normalized spacial score (nSPS) is 21.1. The quantitative estimate of drug-likeness (QED) is 0.655. The maximum atomic E-state index is 11.8. The second-order valence-electron chi connectivity index (χ2n) is 5.71. The summed E-state index contributed by atoms with van der Waals surface area (Å²) in [4.78, 5) is 2.29. The van der Waals surface area contributed by atoms with Crippen molar-refractivity contribution in [2.45, 2.75) is 26.2 Å². The van der Waals surface area contributed by atoms with Crippen molar-refractivity contribution in [1.82, 2.24) is 14.9 Å². The molecular formula is C12H27N3O2S. The molecule has 1 aliphatic heterocycles. The van der Waals surface area contributed by atoms with Crippen LogP contribution >= 0.6 is 0 Å². The van der Waals surface area contributed by atoms with Gasteiger partial charge >= 0.3 is 0 Å². The number of rotatable bonds is 7. The van der Waals surface area contributed by atoms with Gasteiger partial charge in [-0.05, 0) is 58.4 Å². The van der Waals surface area contributed by atoms with E-state index >= 15 is 0 Å². The summed E-state index contributed by atoms with van der Waals surface area (Å²) >= 11 is 0. The van der Waals surface area contributed by atoms with Crippen molar-refractivity contribution < 1.29 is 8.42 Å². The van der Waals surface area contributed by atoms with E-state index in [4.69, 9.17) is 0 Å². The largest absolute Gasteiger partial charge is 0.320 e. The highest BCUT2D eigenvalue weighted by molar-refractivity contribution is 7.89. The van der Waals surface area contributed by atoms with E-state index in [-0.39, 0.29) is 11.2 Å². The van der Waals surface area contributed by atoms with Gasteiger partial charge in [0.1, 0.15) is 0 Å². The molecule has 0 aromatic rings. The average Bonchev–Trinajstić information content (AvgIpc) is 2.32. The topological polar surface area (TPSA) is 61.4 Å². The van der Waals surface area contributed by atoms with Crippen LogP contribution in [0.1, 0.15) is 26.2 Å². The van der Waals surface area contributed by atoms with Crippen LogP contribution < -0.4 is 10.0 Å². The number of nitrogens with one attached hydrogen (secondary N) is 2. The molecule has 18 heavy (non-hydrogen) atoms. The highest BCUT2D eigenvalue weighted by Crippen LogP contribution is 2.29. The van der Waals surface area contributed by atoms with Crippen molar-refractivity contribution in [2.75, 3.05) is 46.0 Å². The molecule has 1 heterocycles. The molecule has 0 amide bonds. The maximum absolute atomic E-state index is 11.8. The fourth-order valence-electron chi connectivity index (χ4n) is 2.13. The summed E-state index contributed by atoms with van der Waals surface area (Å²) in [5.41, 5.74) is 0.114. The molecule has 0 saturated carbocycles. The summed E-state index contributed by atoms with van der Waals surface area (Å²) in [5.74, 6) is 0.212. The molecule has 0 unspecified atom stereocenters. The lowest BCUT2D eigenvalue weighted by Crippen LogP contribution is -2.44. The Hall–Kier alpha value is -0.170. The maximum Gasteiger partial charge on any atom is 0.211 e. The molecule has 1 saturated heterocycles. The second kappa shape index (κ2) is 6.84. The highest BCUT2D eigenvalue weighted by Gasteiger charge is 2.29. The fourth-order valence-corrected chi connectivity index (χ4v) is 3.37. The molecule has 1 aliphatic rings. The SMILES string of the molecule is CNCCCS(=O)(=O)NCC1(C)CCN(C)CC1. The molecule has 2 N–H and O–H groups in total. The summed E-state index contributed by atoms with van der Waals surface area (Å²) in [6.45, 7) is 5.60. The Balaban J connectivity index is 2.34. The number of piperidine rings is 1. The summed E-state index contributed by atoms with van der Waals surface area (Å²) in [6, 6.07) is 0. The van der Waals surface area contributed by atoms with Crippen LogP contribution in [0, 0.1) is 5.41 Å². The van der Waals surface area contributed by atoms with Crippen molar-refractivity contribution in [3.05, 3.63) is 0 Å². The Bertz CT molecular complexity index is 335. The third-order valence-corrected chi connectivity index (χ3v) is 5.16. The van der Waals surface area contributed by atoms with E-state index in [1.807, 2.05) is 7.05 Å². The first kappa shape index (κ1) is 15.9. The van der Waals surface area contributed by atoms with Crippen molar-refractivity contribution in [3.63, 3.8) is 0 Å². The Labute approximate surface area is 111 Å². The predicted molar refractivity (Wildman–Crippen MR) is 75.2 cm³/mol. The number of nitrogens with zero attached hydrogens (tertiary/aromatic N) is 1. The molecule has 0 aromatic carbocycles. The standard InChI is InChI=1S/C12H27N3O2S/c1-12(5-8-15(3)9-6-12)11-14-18(16,17)10-4-7-13-2/h13-14H,4-11H2,1-3H3. The van der Waals surface area contributed by atoms with Gasteiger partial charge in [-0.3, -0.25) is 0 Å². The molecule has 0 aromatic heterocycles. The zero-order chi connectivity index (χ0) is 13.6. The molecular weight excluding hydrogens is 250 g/mol. The van der Waals surface area contributed by atoms with Crippen molar-refractivity contribution in [1.29, 1.82) is 0 Å². The van der Waals surface area contributed by atoms with E-state index in [1.54, 1.807) is 0 Å². The Kier molecular flexibility index (Phi) is 6.04. The third kappa shape index (κ3) is 5.65. The van der Waals surface area contributed by atoms with E-state index in [9.17, 15) is 8.42 Å². The second-order valence-corrected chi connectivity index (χ2v) is 7.64. The molecule has 108 valence electrons. The van der Waals surface area contributed by atoms with Gasteiger partial charge in [-0.25, -0.2) is 13.1 Å². The first-order valence-corrected chi connectivity index (χ1v) is 8.33. The smallest absolute Gasteiger partial charge is 0.211 e. The molecule has 5 nitrogen and oxygen atoms in total. The van der Waals surface area contributed by atoms with Gasteiger partial charge in [0.25, 0.3) is 0 Å². The van der Waals surface area contributed by atoms with E-state index < -0.39 is 10.0 Å². The fraction of sp³-hybridized carbons (Fsp3) is 1.00. The molecule has 6 heteroatoms. The number of likely N-dealkylation sites (tertiary alicyclic amines) is 1. The number of hydrogen-bond donors (Lipinski definition) is 2. The summed E-state index contributed by atoms with van der Waals surface area (Å²) in [6.07, 6.45) is 2.77. The van der Waals surface area contributed by atoms with Crippen LogP contribution in [0.2, 0.25) is 0 Å². The first-order valence-electron chi connectivity index (χ1n) is 6.67. The van der Waals surface area contributed by atoms with E-state index in [1.165, 1.54) is 0 Å². The zero-order valence-electron chi connectivity index (χ0n) is 11.8. The minimum atomic E-state index is -3.11. The van der Waals surface area contributed by atoms with Crippen LogP contribution in [0.3, 0.4) is 0 Å². The van der Waals surface area contributed by atoms with E-state index in [0.29, 0.717) is 13.0 Å². The van der Waals surface area contributed by atoms with Gasteiger partial charge in [0, 0.05) is 6.54 Å². The minimum Gasteiger partial charge on any atom is -0.320 e. The molecule has 0 spiro atoms. The van der Waals surface area contributed by atoms with Crippen LogP contribution in [0.4, 0.5) is 0 Å². The summed E-state index contributed by atoms with van der Waals surface area (Å²) < 4.78 is 26.4. The predicted octanol–water partition coefficient (Wildman–Crippen LogP) is 0.247. The number of hydrogen-bond acceptors (Lipinski definition) is 4. The first-order chi connectivity index (χ1) is 8.37. The van der Waals surface area contributed by atoms with Gasteiger partial charge in [-0.1, -0.05) is 6.92 Å². The van der Waals surface area contributed by atoms with Crippen LogP contribution in [0.25, 0.3) is 0 Å². The minimum absolute atomic E-state index is 0.114. The van der Waals surface area contributed by atoms with Crippen molar-refractivity contribution in [3.8, 4) is 0 Å². The van der Waals surface area contributed by atoms with E-state index in [0.717, 1.165) is 32.5 Å². The van der Waals surface area contributed by atoms with Gasteiger partial charge in [0.05, 0.1) is 5.75 Å². The molecule has 0 atom stereocenters. The van der Waals surface area contributed by atoms with Crippen LogP contribution in [-0.2, 0) is 10.0 Å². The average molecular weight is 277 g/mol.